The van der Waals surface area contributed by atoms with E-state index < -0.39 is 0 Å². The summed E-state index contributed by atoms with van der Waals surface area (Å²) in [5.74, 6) is 1.69. The summed E-state index contributed by atoms with van der Waals surface area (Å²) in [7, 11) is 0. The van der Waals surface area contributed by atoms with E-state index in [2.05, 4.69) is 78.4 Å². The van der Waals surface area contributed by atoms with Gasteiger partial charge in [-0.05, 0) is 87.7 Å². The summed E-state index contributed by atoms with van der Waals surface area (Å²) in [6.07, 6.45) is 5.47. The maximum atomic E-state index is 4.88. The molecule has 6 aromatic rings. The van der Waals surface area contributed by atoms with Gasteiger partial charge in [-0.15, -0.1) is 0 Å². The van der Waals surface area contributed by atoms with Crippen molar-refractivity contribution in [1.29, 1.82) is 0 Å². The summed E-state index contributed by atoms with van der Waals surface area (Å²) < 4.78 is 0. The first-order valence-electron chi connectivity index (χ1n) is 14.1. The largest absolute Gasteiger partial charge is 0.253 e. The number of hydrogen-bond donors (Lipinski definition) is 0. The van der Waals surface area contributed by atoms with Crippen molar-refractivity contribution in [2.24, 2.45) is 0 Å². The van der Waals surface area contributed by atoms with Crippen molar-refractivity contribution >= 4 is 0 Å². The summed E-state index contributed by atoms with van der Waals surface area (Å²) in [4.78, 5) is 23.5. The van der Waals surface area contributed by atoms with Gasteiger partial charge in [-0.1, -0.05) is 74.5 Å². The Morgan fingerprint density at radius 1 is 0.634 bits per heavy atom. The van der Waals surface area contributed by atoms with Crippen LogP contribution in [0.4, 0.5) is 0 Å². The summed E-state index contributed by atoms with van der Waals surface area (Å²) >= 11 is 0. The number of hydrogen-bond acceptors (Lipinski definition) is 5. The molecule has 5 heteroatoms. The summed E-state index contributed by atoms with van der Waals surface area (Å²) in [6.45, 7) is 4.72. The van der Waals surface area contributed by atoms with Gasteiger partial charge in [0, 0.05) is 23.4 Å². The number of aromatic nitrogens is 5. The van der Waals surface area contributed by atoms with Gasteiger partial charge in [0.05, 0.1) is 0 Å². The molecule has 196 valence electrons. The van der Waals surface area contributed by atoms with Gasteiger partial charge in [-0.25, -0.2) is 15.0 Å². The van der Waals surface area contributed by atoms with Gasteiger partial charge in [-0.2, -0.15) is 0 Å². The zero-order valence-electron chi connectivity index (χ0n) is 23.0. The fraction of sp³-hybridized carbons (Fsp3) is 0.139. The second-order valence-electron chi connectivity index (χ2n) is 11.0. The van der Waals surface area contributed by atoms with Gasteiger partial charge >= 0.3 is 0 Å². The molecule has 0 radical (unpaired) electrons. The molecule has 0 bridgehead atoms. The molecule has 3 aromatic carbocycles. The minimum atomic E-state index is 0.00548. The highest BCUT2D eigenvalue weighted by atomic mass is 15.1. The van der Waals surface area contributed by atoms with E-state index in [1.807, 2.05) is 36.4 Å². The van der Waals surface area contributed by atoms with Crippen LogP contribution in [0.2, 0.25) is 0 Å². The molecule has 2 aliphatic rings. The maximum absolute atomic E-state index is 4.88. The average Bonchev–Trinajstić information content (AvgIpc) is 3.54. The third-order valence-electron chi connectivity index (χ3n) is 8.83. The lowest BCUT2D eigenvalue weighted by atomic mass is 9.75. The SMILES string of the molecule is CCC1(C)c2ccccc2-c2ccc3c(c21)Cc1cc(-c2nc(-c4ccccn4)nc(-c4ccccn4)n2)ccc1-3. The van der Waals surface area contributed by atoms with E-state index in [1.165, 1.54) is 44.5 Å². The van der Waals surface area contributed by atoms with Crippen LogP contribution >= 0.6 is 0 Å². The zero-order chi connectivity index (χ0) is 27.6. The molecule has 1 atom stereocenters. The van der Waals surface area contributed by atoms with Gasteiger partial charge in [0.1, 0.15) is 11.4 Å². The first-order valence-corrected chi connectivity index (χ1v) is 14.1. The number of pyridine rings is 2. The highest BCUT2D eigenvalue weighted by Gasteiger charge is 2.41. The summed E-state index contributed by atoms with van der Waals surface area (Å²) in [6, 6.07) is 31.7. The monoisotopic (exact) mass is 529 g/mol. The minimum absolute atomic E-state index is 0.00548. The van der Waals surface area contributed by atoms with E-state index in [0.717, 1.165) is 18.4 Å². The van der Waals surface area contributed by atoms with Crippen LogP contribution in [0.1, 0.15) is 42.5 Å². The molecule has 0 saturated heterocycles. The molecule has 41 heavy (non-hydrogen) atoms. The molecule has 3 aromatic heterocycles. The lowest BCUT2D eigenvalue weighted by Crippen LogP contribution is -2.21. The lowest BCUT2D eigenvalue weighted by Gasteiger charge is -2.28. The van der Waals surface area contributed by atoms with Crippen molar-refractivity contribution in [3.63, 3.8) is 0 Å². The summed E-state index contributed by atoms with van der Waals surface area (Å²) in [5.41, 5.74) is 13.5. The van der Waals surface area contributed by atoms with E-state index in [9.17, 15) is 0 Å². The molecule has 0 fully saturated rings. The molecule has 2 aliphatic carbocycles. The van der Waals surface area contributed by atoms with Crippen molar-refractivity contribution < 1.29 is 0 Å². The topological polar surface area (TPSA) is 64.5 Å². The van der Waals surface area contributed by atoms with Gasteiger partial charge in [0.25, 0.3) is 0 Å². The quantitative estimate of drug-likeness (QED) is 0.232. The molecule has 0 amide bonds. The van der Waals surface area contributed by atoms with Crippen LogP contribution in [-0.2, 0) is 11.8 Å². The molecule has 8 rings (SSSR count). The van der Waals surface area contributed by atoms with E-state index in [0.29, 0.717) is 28.9 Å². The standard InChI is InChI=1S/C36H27N5/c1-3-36(2)29-11-5-4-10-26(29)27-17-16-25-24-15-14-22(20-23(24)21-28(25)32(27)36)33-39-34(30-12-6-8-18-37-30)41-35(40-33)31-13-7-9-19-38-31/h4-20H,3,21H2,1-2H3. The molecule has 0 aliphatic heterocycles. The van der Waals surface area contributed by atoms with Crippen LogP contribution in [-0.4, -0.2) is 24.9 Å². The Morgan fingerprint density at radius 2 is 1.27 bits per heavy atom. The van der Waals surface area contributed by atoms with Crippen LogP contribution in [0.3, 0.4) is 0 Å². The molecule has 0 saturated carbocycles. The van der Waals surface area contributed by atoms with E-state index in [4.69, 9.17) is 15.0 Å². The molecule has 0 N–H and O–H groups in total. The van der Waals surface area contributed by atoms with Crippen molar-refractivity contribution in [2.45, 2.75) is 32.1 Å². The molecule has 0 spiro atoms. The Kier molecular flexibility index (Phi) is 5.23. The summed E-state index contributed by atoms with van der Waals surface area (Å²) in [5, 5.41) is 0. The van der Waals surface area contributed by atoms with Crippen molar-refractivity contribution in [1.82, 2.24) is 24.9 Å². The predicted octanol–water partition coefficient (Wildman–Crippen LogP) is 7.93. The molecule has 5 nitrogen and oxygen atoms in total. The van der Waals surface area contributed by atoms with E-state index >= 15 is 0 Å². The van der Waals surface area contributed by atoms with Crippen LogP contribution in [0.5, 0.6) is 0 Å². The number of rotatable bonds is 4. The van der Waals surface area contributed by atoms with Crippen LogP contribution in [0.25, 0.3) is 56.7 Å². The van der Waals surface area contributed by atoms with Gasteiger partial charge in [0.2, 0.25) is 0 Å². The van der Waals surface area contributed by atoms with Gasteiger partial charge in [-0.3, -0.25) is 9.97 Å². The lowest BCUT2D eigenvalue weighted by molar-refractivity contribution is 0.560. The number of benzene rings is 3. The van der Waals surface area contributed by atoms with E-state index in [1.54, 1.807) is 12.4 Å². The number of fused-ring (bicyclic) bond motifs is 7. The second kappa shape index (κ2) is 9.00. The van der Waals surface area contributed by atoms with Crippen molar-refractivity contribution in [2.75, 3.05) is 0 Å². The molecular formula is C36H27N5. The minimum Gasteiger partial charge on any atom is -0.253 e. The van der Waals surface area contributed by atoms with Crippen molar-refractivity contribution in [3.05, 3.63) is 126 Å². The van der Waals surface area contributed by atoms with Crippen LogP contribution < -0.4 is 0 Å². The number of nitrogens with zero attached hydrogens (tertiary/aromatic N) is 5. The first-order chi connectivity index (χ1) is 20.1. The Bertz CT molecular complexity index is 1910. The Morgan fingerprint density at radius 3 is 1.95 bits per heavy atom. The van der Waals surface area contributed by atoms with Gasteiger partial charge < -0.3 is 0 Å². The van der Waals surface area contributed by atoms with Crippen LogP contribution in [0.15, 0.2) is 103 Å². The van der Waals surface area contributed by atoms with Crippen LogP contribution in [0, 0.1) is 0 Å². The Hall–Kier alpha value is -5.03. The Labute approximate surface area is 239 Å². The molecule has 1 unspecified atom stereocenters. The fourth-order valence-corrected chi connectivity index (χ4v) is 6.70. The third-order valence-corrected chi connectivity index (χ3v) is 8.83. The predicted molar refractivity (Wildman–Crippen MR) is 162 cm³/mol. The highest BCUT2D eigenvalue weighted by Crippen LogP contribution is 2.55. The van der Waals surface area contributed by atoms with Gasteiger partial charge in [0.15, 0.2) is 17.5 Å². The average molecular weight is 530 g/mol. The molecular weight excluding hydrogens is 502 g/mol. The fourth-order valence-electron chi connectivity index (χ4n) is 6.70. The van der Waals surface area contributed by atoms with E-state index in [-0.39, 0.29) is 5.41 Å². The maximum Gasteiger partial charge on any atom is 0.182 e. The normalized spacial score (nSPS) is 16.1. The van der Waals surface area contributed by atoms with Crippen molar-refractivity contribution in [3.8, 4) is 56.7 Å². The second-order valence-corrected chi connectivity index (χ2v) is 11.0. The smallest absolute Gasteiger partial charge is 0.182 e. The molecule has 3 heterocycles. The zero-order valence-corrected chi connectivity index (χ0v) is 23.0. The third kappa shape index (κ3) is 3.59. The first kappa shape index (κ1) is 23.8. The Balaban J connectivity index is 1.25. The highest BCUT2D eigenvalue weighted by molar-refractivity contribution is 5.89.